The molecule has 0 aromatic carbocycles. The highest BCUT2D eigenvalue weighted by Crippen LogP contribution is 2.32. The lowest BCUT2D eigenvalue weighted by Crippen LogP contribution is -2.46. The van der Waals surface area contributed by atoms with Gasteiger partial charge in [-0.3, -0.25) is 9.69 Å². The van der Waals surface area contributed by atoms with E-state index in [-0.39, 0.29) is 29.9 Å². The third kappa shape index (κ3) is 3.14. The molecule has 2 aromatic rings. The molecule has 0 unspecified atom stereocenters. The van der Waals surface area contributed by atoms with Crippen LogP contribution in [-0.4, -0.2) is 69.2 Å². The summed E-state index contributed by atoms with van der Waals surface area (Å²) in [4.78, 5) is 25.0. The fourth-order valence-corrected chi connectivity index (χ4v) is 3.84. The Morgan fingerprint density at radius 3 is 3.00 bits per heavy atom. The van der Waals surface area contributed by atoms with Gasteiger partial charge in [0.1, 0.15) is 6.33 Å². The van der Waals surface area contributed by atoms with Crippen molar-refractivity contribution in [3.8, 4) is 0 Å². The molecule has 4 heterocycles. The van der Waals surface area contributed by atoms with Gasteiger partial charge in [0, 0.05) is 43.7 Å². The lowest BCUT2D eigenvalue weighted by atomic mass is 10.00. The molecule has 2 aromatic heterocycles. The van der Waals surface area contributed by atoms with Crippen LogP contribution < -0.4 is 0 Å². The zero-order valence-electron chi connectivity index (χ0n) is 14.1. The number of amides is 1. The fourth-order valence-electron chi connectivity index (χ4n) is 3.84. The van der Waals surface area contributed by atoms with Crippen molar-refractivity contribution >= 4 is 5.91 Å². The van der Waals surface area contributed by atoms with Gasteiger partial charge in [-0.15, -0.1) is 0 Å². The van der Waals surface area contributed by atoms with Gasteiger partial charge >= 0.3 is 0 Å². The molecule has 0 radical (unpaired) electrons. The SMILES string of the molecule is CN(Cc1cncnc1)[C@@H]1CN(C(=O)c2ccno2)[C@H]2CCCO[C@@H]12. The Bertz CT molecular complexity index is 708. The lowest BCUT2D eigenvalue weighted by molar-refractivity contribution is -0.0359. The molecule has 25 heavy (non-hydrogen) atoms. The second kappa shape index (κ2) is 6.89. The number of likely N-dealkylation sites (tertiary alicyclic amines) is 1. The molecular weight excluding hydrogens is 322 g/mol. The minimum atomic E-state index is -0.114. The van der Waals surface area contributed by atoms with Crippen LogP contribution in [0.25, 0.3) is 0 Å². The Hall–Kier alpha value is -2.32. The summed E-state index contributed by atoms with van der Waals surface area (Å²) in [5.74, 6) is 0.168. The number of aromatic nitrogens is 3. The summed E-state index contributed by atoms with van der Waals surface area (Å²) >= 11 is 0. The first-order valence-electron chi connectivity index (χ1n) is 8.51. The number of nitrogens with zero attached hydrogens (tertiary/aromatic N) is 5. The van der Waals surface area contributed by atoms with Gasteiger partial charge in [0.2, 0.25) is 5.76 Å². The second-order valence-electron chi connectivity index (χ2n) is 6.61. The summed E-state index contributed by atoms with van der Waals surface area (Å²) in [6.45, 7) is 2.06. The normalized spacial score (nSPS) is 26.0. The zero-order valence-corrected chi connectivity index (χ0v) is 14.1. The van der Waals surface area contributed by atoms with Crippen molar-refractivity contribution < 1.29 is 14.1 Å². The van der Waals surface area contributed by atoms with Crippen LogP contribution in [0.5, 0.6) is 0 Å². The molecule has 132 valence electrons. The molecule has 8 heteroatoms. The number of rotatable bonds is 4. The molecule has 0 N–H and O–H groups in total. The van der Waals surface area contributed by atoms with Crippen LogP contribution in [-0.2, 0) is 11.3 Å². The van der Waals surface area contributed by atoms with E-state index < -0.39 is 0 Å². The monoisotopic (exact) mass is 343 g/mol. The molecule has 4 rings (SSSR count). The highest BCUT2D eigenvalue weighted by Gasteiger charge is 2.48. The fraction of sp³-hybridized carbons (Fsp3) is 0.529. The van der Waals surface area contributed by atoms with Gasteiger partial charge in [0.15, 0.2) is 0 Å². The van der Waals surface area contributed by atoms with E-state index in [4.69, 9.17) is 9.26 Å². The Morgan fingerprint density at radius 2 is 2.24 bits per heavy atom. The highest BCUT2D eigenvalue weighted by molar-refractivity contribution is 5.91. The van der Waals surface area contributed by atoms with Crippen LogP contribution in [0.3, 0.4) is 0 Å². The average Bonchev–Trinajstić information content (AvgIpc) is 3.30. The van der Waals surface area contributed by atoms with E-state index in [2.05, 4.69) is 27.1 Å². The molecule has 0 saturated carbocycles. The lowest BCUT2D eigenvalue weighted by Gasteiger charge is -2.34. The Labute approximate surface area is 145 Å². The second-order valence-corrected chi connectivity index (χ2v) is 6.61. The summed E-state index contributed by atoms with van der Waals surface area (Å²) in [6, 6.07) is 1.81. The summed E-state index contributed by atoms with van der Waals surface area (Å²) in [7, 11) is 2.05. The first-order chi connectivity index (χ1) is 12.2. The smallest absolute Gasteiger partial charge is 0.292 e. The minimum absolute atomic E-state index is 0.00949. The standard InChI is InChI=1S/C17H21N5O3/c1-21(9-12-7-18-11-19-8-12)14-10-22(13-3-2-6-24-16(13)14)17(23)15-4-5-20-25-15/h4-5,7-8,11,13-14,16H,2-3,6,9-10H2,1H3/t13-,14+,16+/m0/s1. The Morgan fingerprint density at radius 1 is 1.40 bits per heavy atom. The third-order valence-corrected chi connectivity index (χ3v) is 5.02. The van der Waals surface area contributed by atoms with Crippen molar-refractivity contribution in [1.29, 1.82) is 0 Å². The van der Waals surface area contributed by atoms with E-state index >= 15 is 0 Å². The minimum Gasteiger partial charge on any atom is -0.374 e. The van der Waals surface area contributed by atoms with E-state index in [0.717, 1.165) is 25.0 Å². The van der Waals surface area contributed by atoms with Gasteiger partial charge in [0.25, 0.3) is 5.91 Å². The van der Waals surface area contributed by atoms with Crippen molar-refractivity contribution in [3.63, 3.8) is 0 Å². The van der Waals surface area contributed by atoms with Crippen molar-refractivity contribution in [2.24, 2.45) is 0 Å². The average molecular weight is 343 g/mol. The van der Waals surface area contributed by atoms with Crippen LogP contribution in [0.1, 0.15) is 29.0 Å². The number of hydrogen-bond donors (Lipinski definition) is 0. The Kier molecular flexibility index (Phi) is 4.46. The van der Waals surface area contributed by atoms with Crippen molar-refractivity contribution in [2.75, 3.05) is 20.2 Å². The van der Waals surface area contributed by atoms with Crippen LogP contribution in [0.2, 0.25) is 0 Å². The summed E-state index contributed by atoms with van der Waals surface area (Å²) in [5.41, 5.74) is 1.04. The van der Waals surface area contributed by atoms with Gasteiger partial charge < -0.3 is 14.2 Å². The predicted octanol–water partition coefficient (Wildman–Crippen LogP) is 0.969. The van der Waals surface area contributed by atoms with Gasteiger partial charge in [-0.2, -0.15) is 0 Å². The maximum Gasteiger partial charge on any atom is 0.292 e. The summed E-state index contributed by atoms with van der Waals surface area (Å²) in [6.07, 6.45) is 8.57. The van der Waals surface area contributed by atoms with Crippen LogP contribution in [0.15, 0.2) is 35.5 Å². The molecule has 2 aliphatic heterocycles. The largest absolute Gasteiger partial charge is 0.374 e. The number of hydrogen-bond acceptors (Lipinski definition) is 7. The van der Waals surface area contributed by atoms with Crippen molar-refractivity contribution in [2.45, 2.75) is 37.6 Å². The van der Waals surface area contributed by atoms with Gasteiger partial charge in [-0.1, -0.05) is 5.16 Å². The molecule has 3 atom stereocenters. The van der Waals surface area contributed by atoms with Crippen LogP contribution in [0.4, 0.5) is 0 Å². The predicted molar refractivity (Wildman–Crippen MR) is 87.6 cm³/mol. The van der Waals surface area contributed by atoms with Gasteiger partial charge in [0.05, 0.1) is 24.4 Å². The molecule has 8 nitrogen and oxygen atoms in total. The maximum absolute atomic E-state index is 12.8. The zero-order chi connectivity index (χ0) is 17.2. The van der Waals surface area contributed by atoms with Crippen LogP contribution >= 0.6 is 0 Å². The van der Waals surface area contributed by atoms with E-state index in [9.17, 15) is 4.79 Å². The summed E-state index contributed by atoms with van der Waals surface area (Å²) in [5, 5.41) is 3.65. The topological polar surface area (TPSA) is 84.6 Å². The molecule has 0 aliphatic carbocycles. The van der Waals surface area contributed by atoms with E-state index in [1.807, 2.05) is 17.3 Å². The molecule has 2 saturated heterocycles. The van der Waals surface area contributed by atoms with Crippen molar-refractivity contribution in [1.82, 2.24) is 24.9 Å². The first-order valence-corrected chi connectivity index (χ1v) is 8.51. The maximum atomic E-state index is 12.8. The van der Waals surface area contributed by atoms with E-state index in [1.165, 1.54) is 12.5 Å². The number of likely N-dealkylation sites (N-methyl/N-ethyl adjacent to an activating group) is 1. The summed E-state index contributed by atoms with van der Waals surface area (Å²) < 4.78 is 11.1. The number of ether oxygens (including phenoxy) is 1. The van der Waals surface area contributed by atoms with E-state index in [0.29, 0.717) is 13.1 Å². The molecular formula is C17H21N5O3. The number of carbonyl (C=O) groups is 1. The molecule has 0 spiro atoms. The molecule has 2 fully saturated rings. The number of fused-ring (bicyclic) bond motifs is 1. The molecule has 2 aliphatic rings. The molecule has 1 amide bonds. The third-order valence-electron chi connectivity index (χ3n) is 5.02. The Balaban J connectivity index is 1.53. The van der Waals surface area contributed by atoms with Crippen molar-refractivity contribution in [3.05, 3.63) is 42.3 Å². The first kappa shape index (κ1) is 16.2. The molecule has 0 bridgehead atoms. The van der Waals surface area contributed by atoms with Gasteiger partial charge in [-0.05, 0) is 19.9 Å². The van der Waals surface area contributed by atoms with Crippen LogP contribution in [0, 0.1) is 0 Å². The number of carbonyl (C=O) groups excluding carboxylic acids is 1. The quantitative estimate of drug-likeness (QED) is 0.818. The van der Waals surface area contributed by atoms with Gasteiger partial charge in [-0.25, -0.2) is 9.97 Å². The highest BCUT2D eigenvalue weighted by atomic mass is 16.5. The van der Waals surface area contributed by atoms with E-state index in [1.54, 1.807) is 6.07 Å².